The Morgan fingerprint density at radius 1 is 0.882 bits per heavy atom. The van der Waals surface area contributed by atoms with Gasteiger partial charge in [-0.2, -0.15) is 0 Å². The van der Waals surface area contributed by atoms with Crippen LogP contribution in [0.3, 0.4) is 0 Å². The molecule has 0 unspecified atom stereocenters. The molecule has 2 aromatic rings. The van der Waals surface area contributed by atoms with Gasteiger partial charge in [0.2, 0.25) is 0 Å². The van der Waals surface area contributed by atoms with Gasteiger partial charge >= 0.3 is 22.4 Å². The minimum absolute atomic E-state index is 0. The van der Waals surface area contributed by atoms with Gasteiger partial charge in [-0.25, -0.2) is 0 Å². The number of rotatable bonds is 2. The summed E-state index contributed by atoms with van der Waals surface area (Å²) in [5.74, 6) is 0.0964. The minimum atomic E-state index is 0. The number of phenols is 1. The molecule has 0 amide bonds. The van der Waals surface area contributed by atoms with Crippen LogP contribution in [0.25, 0.3) is 0 Å². The monoisotopic (exact) mass is 320 g/mol. The first-order chi connectivity index (χ1) is 7.83. The zero-order valence-corrected chi connectivity index (χ0v) is 10.3. The summed E-state index contributed by atoms with van der Waals surface area (Å²) in [4.78, 5) is 0. The first-order valence-corrected chi connectivity index (χ1v) is 4.89. The number of oxime groups is 1. The fourth-order valence-electron chi connectivity index (χ4n) is 1.54. The zero-order valence-electron chi connectivity index (χ0n) is 8.84. The number of hydrogen-bond acceptors (Lipinski definition) is 3. The average Bonchev–Trinajstić information content (AvgIpc) is 2.34. The van der Waals surface area contributed by atoms with E-state index in [1.807, 2.05) is 30.3 Å². The molecule has 90 valence electrons. The molecule has 0 aliphatic rings. The maximum absolute atomic E-state index is 9.68. The van der Waals surface area contributed by atoms with Crippen LogP contribution in [0.1, 0.15) is 11.1 Å². The third-order valence-corrected chi connectivity index (χ3v) is 2.31. The van der Waals surface area contributed by atoms with Gasteiger partial charge in [-0.3, -0.25) is 0 Å². The molecule has 0 bridgehead atoms. The molecule has 2 aromatic carbocycles. The number of hydrogen-bond donors (Lipinski definition) is 2. The van der Waals surface area contributed by atoms with Crippen LogP contribution in [0.15, 0.2) is 59.8 Å². The summed E-state index contributed by atoms with van der Waals surface area (Å²) < 4.78 is 0. The normalized spacial score (nSPS) is 10.7. The number of para-hydroxylation sites is 1. The molecule has 17 heavy (non-hydrogen) atoms. The Hall–Kier alpha value is -1.55. The van der Waals surface area contributed by atoms with E-state index in [9.17, 15) is 5.11 Å². The topological polar surface area (TPSA) is 52.8 Å². The third kappa shape index (κ3) is 2.97. The maximum atomic E-state index is 9.68. The molecule has 0 aliphatic heterocycles. The summed E-state index contributed by atoms with van der Waals surface area (Å²) >= 11 is 0. The van der Waals surface area contributed by atoms with Gasteiger partial charge in [0.05, 0.1) is 0 Å². The van der Waals surface area contributed by atoms with Crippen LogP contribution in [0.5, 0.6) is 5.75 Å². The molecule has 2 N–H and O–H groups in total. The van der Waals surface area contributed by atoms with Crippen LogP contribution in [0.4, 0.5) is 0 Å². The third-order valence-electron chi connectivity index (χ3n) is 2.31. The van der Waals surface area contributed by atoms with Crippen molar-refractivity contribution in [2.75, 3.05) is 0 Å². The van der Waals surface area contributed by atoms with Crippen molar-refractivity contribution in [3.63, 3.8) is 0 Å². The van der Waals surface area contributed by atoms with Crippen molar-refractivity contribution in [3.8, 4) is 5.75 Å². The standard InChI is InChI=1S/C13H11NO2.Ag/c15-12-9-5-4-8-11(12)13(14-16)10-6-2-1-3-7-10;/h1-9,15-16H;/q;+1/b14-13+;. The smallest absolute Gasteiger partial charge is 0.507 e. The summed E-state index contributed by atoms with van der Waals surface area (Å²) in [5, 5.41) is 22.0. The summed E-state index contributed by atoms with van der Waals surface area (Å²) in [5.41, 5.74) is 1.63. The Balaban J connectivity index is 0.00000144. The summed E-state index contributed by atoms with van der Waals surface area (Å²) in [6, 6.07) is 16.0. The quantitative estimate of drug-likeness (QED) is 0.387. The van der Waals surface area contributed by atoms with Crippen LogP contribution in [-0.2, 0) is 22.4 Å². The van der Waals surface area contributed by atoms with Gasteiger partial charge in [-0.1, -0.05) is 47.6 Å². The predicted molar refractivity (Wildman–Crippen MR) is 62.0 cm³/mol. The Morgan fingerprint density at radius 2 is 1.47 bits per heavy atom. The summed E-state index contributed by atoms with van der Waals surface area (Å²) in [7, 11) is 0. The summed E-state index contributed by atoms with van der Waals surface area (Å²) in [6.45, 7) is 0. The van der Waals surface area contributed by atoms with Crippen molar-refractivity contribution in [1.82, 2.24) is 0 Å². The van der Waals surface area contributed by atoms with Gasteiger partial charge in [0.25, 0.3) is 0 Å². The molecule has 0 spiro atoms. The Morgan fingerprint density at radius 3 is 2.06 bits per heavy atom. The van der Waals surface area contributed by atoms with E-state index in [0.717, 1.165) is 5.56 Å². The van der Waals surface area contributed by atoms with Crippen molar-refractivity contribution in [2.45, 2.75) is 0 Å². The van der Waals surface area contributed by atoms with E-state index in [-0.39, 0.29) is 28.1 Å². The molecule has 4 heteroatoms. The molecule has 0 aromatic heterocycles. The number of aromatic hydroxyl groups is 1. The summed E-state index contributed by atoms with van der Waals surface area (Å²) in [6.07, 6.45) is 0. The van der Waals surface area contributed by atoms with Crippen molar-refractivity contribution in [1.29, 1.82) is 0 Å². The van der Waals surface area contributed by atoms with E-state index in [4.69, 9.17) is 5.21 Å². The van der Waals surface area contributed by atoms with Crippen LogP contribution in [0.2, 0.25) is 0 Å². The molecular formula is C13H11AgNO2+. The SMILES string of the molecule is O/N=C(\c1ccccc1)c1ccccc1O.[Ag+]. The second-order valence-electron chi connectivity index (χ2n) is 3.33. The van der Waals surface area contributed by atoms with E-state index in [2.05, 4.69) is 5.16 Å². The van der Waals surface area contributed by atoms with Crippen molar-refractivity contribution in [2.24, 2.45) is 5.16 Å². The Kier molecular flexibility index (Phi) is 4.97. The van der Waals surface area contributed by atoms with Crippen molar-refractivity contribution < 1.29 is 32.7 Å². The van der Waals surface area contributed by atoms with E-state index in [0.29, 0.717) is 11.3 Å². The van der Waals surface area contributed by atoms with E-state index >= 15 is 0 Å². The molecule has 3 nitrogen and oxygen atoms in total. The van der Waals surface area contributed by atoms with E-state index in [1.165, 1.54) is 0 Å². The van der Waals surface area contributed by atoms with Crippen molar-refractivity contribution in [3.05, 3.63) is 65.7 Å². The first-order valence-electron chi connectivity index (χ1n) is 4.89. The fraction of sp³-hybridized carbons (Fsp3) is 0. The van der Waals surface area contributed by atoms with Gasteiger partial charge in [0.1, 0.15) is 11.5 Å². The molecule has 0 aliphatic carbocycles. The second-order valence-corrected chi connectivity index (χ2v) is 3.33. The molecule has 0 heterocycles. The van der Waals surface area contributed by atoms with Crippen LogP contribution < -0.4 is 0 Å². The van der Waals surface area contributed by atoms with Gasteiger partial charge in [0.15, 0.2) is 0 Å². The van der Waals surface area contributed by atoms with Gasteiger partial charge < -0.3 is 10.3 Å². The fourth-order valence-corrected chi connectivity index (χ4v) is 1.54. The molecule has 2 rings (SSSR count). The second kappa shape index (κ2) is 6.25. The minimum Gasteiger partial charge on any atom is -0.507 e. The molecule has 0 saturated carbocycles. The average molecular weight is 321 g/mol. The van der Waals surface area contributed by atoms with Gasteiger partial charge in [-0.05, 0) is 12.1 Å². The van der Waals surface area contributed by atoms with Crippen LogP contribution in [-0.4, -0.2) is 16.0 Å². The predicted octanol–water partition coefficient (Wildman–Crippen LogP) is 2.62. The van der Waals surface area contributed by atoms with E-state index in [1.54, 1.807) is 24.3 Å². The van der Waals surface area contributed by atoms with Crippen LogP contribution in [0, 0.1) is 0 Å². The number of phenolic OH excluding ortho intramolecular Hbond substituents is 1. The van der Waals surface area contributed by atoms with Gasteiger partial charge in [0, 0.05) is 11.1 Å². The number of benzene rings is 2. The van der Waals surface area contributed by atoms with E-state index < -0.39 is 0 Å². The molecule has 0 fully saturated rings. The molecular weight excluding hydrogens is 310 g/mol. The molecule has 0 radical (unpaired) electrons. The largest absolute Gasteiger partial charge is 1.00 e. The molecule has 0 saturated heterocycles. The molecule has 0 atom stereocenters. The van der Waals surface area contributed by atoms with Gasteiger partial charge in [-0.15, -0.1) is 0 Å². The Labute approximate surface area is 115 Å². The van der Waals surface area contributed by atoms with Crippen LogP contribution >= 0.6 is 0 Å². The Bertz CT molecular complexity index is 512. The zero-order chi connectivity index (χ0) is 11.4. The number of nitrogens with zero attached hydrogens (tertiary/aromatic N) is 1. The maximum Gasteiger partial charge on any atom is 1.00 e. The first kappa shape index (κ1) is 13.5. The van der Waals surface area contributed by atoms with Crippen molar-refractivity contribution >= 4 is 5.71 Å².